The Morgan fingerprint density at radius 1 is 1.69 bits per heavy atom. The smallest absolute Gasteiger partial charge is 0.309 e. The van der Waals surface area contributed by atoms with Gasteiger partial charge < -0.3 is 4.84 Å². The van der Waals surface area contributed by atoms with E-state index in [2.05, 4.69) is 15.5 Å². The minimum absolute atomic E-state index is 0.144. The van der Waals surface area contributed by atoms with E-state index in [1.807, 2.05) is 27.9 Å². The van der Waals surface area contributed by atoms with E-state index in [4.69, 9.17) is 4.84 Å². The molecule has 0 spiro atoms. The average Bonchev–Trinajstić information content (AvgIpc) is 2.41. The fraction of sp³-hybridized carbons (Fsp3) is 0.750. The van der Waals surface area contributed by atoms with Crippen molar-refractivity contribution >= 4 is 22.0 Å². The molecule has 1 heterocycles. The maximum atomic E-state index is 5.24. The molecule has 4 nitrogen and oxygen atoms in total. The number of rotatable bonds is 0. The Morgan fingerprint density at radius 3 is 2.77 bits per heavy atom. The Morgan fingerprint density at radius 2 is 2.38 bits per heavy atom. The minimum atomic E-state index is -0.144. The first kappa shape index (κ1) is 10.4. The number of nitrogens with one attached hydrogen (secondary N) is 2. The lowest BCUT2D eigenvalue weighted by Gasteiger charge is -2.12. The molecule has 0 radical (unpaired) electrons. The molecule has 0 saturated heterocycles. The van der Waals surface area contributed by atoms with Gasteiger partial charge in [-0.05, 0) is 13.8 Å². The van der Waals surface area contributed by atoms with Crippen LogP contribution in [-0.4, -0.2) is 29.9 Å². The summed E-state index contributed by atoms with van der Waals surface area (Å²) in [5.74, 6) is 0. The topological polar surface area (TPSA) is 47.6 Å². The van der Waals surface area contributed by atoms with Crippen LogP contribution >= 0.6 is 11.8 Å². The van der Waals surface area contributed by atoms with Crippen LogP contribution in [-0.2, 0) is 4.84 Å². The molecule has 0 aromatic rings. The molecule has 74 valence electrons. The van der Waals surface area contributed by atoms with Crippen molar-refractivity contribution in [1.29, 1.82) is 0 Å². The molecule has 0 bridgehead atoms. The molecule has 1 rings (SSSR count). The van der Waals surface area contributed by atoms with E-state index in [-0.39, 0.29) is 5.60 Å². The van der Waals surface area contributed by atoms with Crippen molar-refractivity contribution in [3.05, 3.63) is 0 Å². The lowest BCUT2D eigenvalue weighted by molar-refractivity contribution is -0.418. The van der Waals surface area contributed by atoms with Gasteiger partial charge in [0.15, 0.2) is 0 Å². The SMILES string of the molecule is CNC(=[NH+]C)SC1=NOC(C)(C)C1. The molecular weight excluding hydrogens is 186 g/mol. The summed E-state index contributed by atoms with van der Waals surface area (Å²) in [6, 6.07) is 0. The zero-order valence-electron chi connectivity index (χ0n) is 8.47. The summed E-state index contributed by atoms with van der Waals surface area (Å²) in [6.45, 7) is 4.06. The van der Waals surface area contributed by atoms with Gasteiger partial charge in [-0.3, -0.25) is 10.3 Å². The number of hydrogen-bond donors (Lipinski definition) is 2. The molecule has 0 atom stereocenters. The number of amidine groups is 1. The molecule has 0 saturated carbocycles. The monoisotopic (exact) mass is 202 g/mol. The Kier molecular flexibility index (Phi) is 3.19. The van der Waals surface area contributed by atoms with Crippen LogP contribution in [0.1, 0.15) is 20.3 Å². The summed E-state index contributed by atoms with van der Waals surface area (Å²) >= 11 is 1.57. The van der Waals surface area contributed by atoms with Crippen molar-refractivity contribution in [3.63, 3.8) is 0 Å². The van der Waals surface area contributed by atoms with Gasteiger partial charge in [0.05, 0.1) is 14.1 Å². The third kappa shape index (κ3) is 2.91. The highest BCUT2D eigenvalue weighted by Gasteiger charge is 2.30. The number of hydrogen-bond acceptors (Lipinski definition) is 3. The van der Waals surface area contributed by atoms with Crippen molar-refractivity contribution in [3.8, 4) is 0 Å². The van der Waals surface area contributed by atoms with Gasteiger partial charge in [-0.25, -0.2) is 0 Å². The van der Waals surface area contributed by atoms with Gasteiger partial charge in [0.1, 0.15) is 10.6 Å². The predicted octanol–water partition coefficient (Wildman–Crippen LogP) is -0.482. The minimum Gasteiger partial charge on any atom is -0.389 e. The van der Waals surface area contributed by atoms with E-state index in [9.17, 15) is 0 Å². The number of nitrogens with zero attached hydrogens (tertiary/aromatic N) is 1. The molecule has 0 unspecified atom stereocenters. The van der Waals surface area contributed by atoms with E-state index < -0.39 is 0 Å². The Balaban J connectivity index is 2.49. The molecule has 13 heavy (non-hydrogen) atoms. The lowest BCUT2D eigenvalue weighted by Crippen LogP contribution is -2.70. The first-order valence-corrected chi connectivity index (χ1v) is 5.04. The fourth-order valence-corrected chi connectivity index (χ4v) is 1.94. The molecule has 1 aliphatic heterocycles. The summed E-state index contributed by atoms with van der Waals surface area (Å²) in [5, 5.41) is 9.03. The Labute approximate surface area is 82.8 Å². The second-order valence-corrected chi connectivity index (χ2v) is 4.53. The van der Waals surface area contributed by atoms with Crippen molar-refractivity contribution in [2.75, 3.05) is 14.1 Å². The highest BCUT2D eigenvalue weighted by atomic mass is 32.2. The summed E-state index contributed by atoms with van der Waals surface area (Å²) in [7, 11) is 3.75. The van der Waals surface area contributed by atoms with Gasteiger partial charge in [-0.15, -0.1) is 0 Å². The molecule has 0 amide bonds. The van der Waals surface area contributed by atoms with Crippen LogP contribution in [0.5, 0.6) is 0 Å². The van der Waals surface area contributed by atoms with Crippen molar-refractivity contribution in [1.82, 2.24) is 5.32 Å². The van der Waals surface area contributed by atoms with Crippen LogP contribution in [0.3, 0.4) is 0 Å². The lowest BCUT2D eigenvalue weighted by atomic mass is 10.1. The van der Waals surface area contributed by atoms with E-state index in [0.717, 1.165) is 16.6 Å². The van der Waals surface area contributed by atoms with Gasteiger partial charge in [0.25, 0.3) is 0 Å². The van der Waals surface area contributed by atoms with E-state index >= 15 is 0 Å². The van der Waals surface area contributed by atoms with Crippen molar-refractivity contribution in [2.45, 2.75) is 25.9 Å². The van der Waals surface area contributed by atoms with Gasteiger partial charge >= 0.3 is 5.17 Å². The molecule has 0 fully saturated rings. The molecular formula is C8H16N3OS+. The first-order valence-electron chi connectivity index (χ1n) is 4.23. The maximum absolute atomic E-state index is 5.24. The summed E-state index contributed by atoms with van der Waals surface area (Å²) in [6.07, 6.45) is 0.866. The Bertz CT molecular complexity index is 248. The first-order chi connectivity index (χ1) is 6.07. The van der Waals surface area contributed by atoms with Gasteiger partial charge in [-0.2, -0.15) is 0 Å². The molecule has 2 N–H and O–H groups in total. The van der Waals surface area contributed by atoms with Gasteiger partial charge in [-0.1, -0.05) is 5.16 Å². The van der Waals surface area contributed by atoms with Crippen molar-refractivity contribution in [2.24, 2.45) is 5.16 Å². The second kappa shape index (κ2) is 4.00. The van der Waals surface area contributed by atoms with Crippen LogP contribution in [0.4, 0.5) is 0 Å². The Hall–Kier alpha value is -0.710. The van der Waals surface area contributed by atoms with E-state index in [0.29, 0.717) is 0 Å². The zero-order valence-corrected chi connectivity index (χ0v) is 9.29. The van der Waals surface area contributed by atoms with E-state index in [1.165, 1.54) is 0 Å². The van der Waals surface area contributed by atoms with Crippen LogP contribution < -0.4 is 10.3 Å². The van der Waals surface area contributed by atoms with Crippen molar-refractivity contribution < 1.29 is 9.83 Å². The summed E-state index contributed by atoms with van der Waals surface area (Å²) in [4.78, 5) is 8.28. The van der Waals surface area contributed by atoms with Crippen LogP contribution in [0.25, 0.3) is 0 Å². The highest BCUT2D eigenvalue weighted by Crippen LogP contribution is 2.26. The van der Waals surface area contributed by atoms with Crippen LogP contribution in [0.2, 0.25) is 0 Å². The van der Waals surface area contributed by atoms with Gasteiger partial charge in [0, 0.05) is 18.2 Å². The maximum Gasteiger partial charge on any atom is 0.309 e. The summed E-state index contributed by atoms with van der Waals surface area (Å²) in [5.41, 5.74) is -0.144. The normalized spacial score (nSPS) is 20.9. The van der Waals surface area contributed by atoms with Crippen LogP contribution in [0.15, 0.2) is 5.16 Å². The zero-order chi connectivity index (χ0) is 9.90. The van der Waals surface area contributed by atoms with Crippen LogP contribution in [0, 0.1) is 0 Å². The summed E-state index contributed by atoms with van der Waals surface area (Å²) < 4.78 is 0. The molecule has 5 heteroatoms. The number of thioether (sulfide) groups is 1. The third-order valence-corrected chi connectivity index (χ3v) is 2.71. The molecule has 1 aliphatic rings. The predicted molar refractivity (Wildman–Crippen MR) is 55.8 cm³/mol. The molecule has 0 aliphatic carbocycles. The van der Waals surface area contributed by atoms with Gasteiger partial charge in [0.2, 0.25) is 0 Å². The highest BCUT2D eigenvalue weighted by molar-refractivity contribution is 8.26. The quantitative estimate of drug-likeness (QED) is 0.412. The fourth-order valence-electron chi connectivity index (χ4n) is 1.00. The number of oxime groups is 1. The average molecular weight is 202 g/mol. The second-order valence-electron chi connectivity index (χ2n) is 3.44. The largest absolute Gasteiger partial charge is 0.389 e. The molecule has 0 aromatic carbocycles. The van der Waals surface area contributed by atoms with E-state index in [1.54, 1.807) is 11.8 Å². The standard InChI is InChI=1S/C8H15N3OS/c1-8(2)5-6(11-12-8)13-7(9-3)10-4/h5H2,1-4H3,(H,9,10)/p+1. The molecule has 0 aromatic heterocycles. The third-order valence-electron chi connectivity index (χ3n) is 1.65.